The van der Waals surface area contributed by atoms with Gasteiger partial charge in [0.05, 0.1) is 18.7 Å². The Hall–Kier alpha value is -3.42. The number of nitrogen functional groups attached to an aromatic ring is 1. The molecule has 42 heavy (non-hydrogen) atoms. The van der Waals surface area contributed by atoms with E-state index in [1.807, 2.05) is 49.5 Å². The lowest BCUT2D eigenvalue weighted by Gasteiger charge is -2.23. The number of hydrogen-bond acceptors (Lipinski definition) is 7. The molecule has 4 rings (SSSR count). The van der Waals surface area contributed by atoms with E-state index in [1.165, 1.54) is 0 Å². The van der Waals surface area contributed by atoms with Crippen LogP contribution in [-0.2, 0) is 33.1 Å². The zero-order chi connectivity index (χ0) is 30.5. The van der Waals surface area contributed by atoms with Crippen LogP contribution >= 0.6 is 7.37 Å². The summed E-state index contributed by atoms with van der Waals surface area (Å²) in [5.74, 6) is 1.13. The van der Waals surface area contributed by atoms with Crippen molar-refractivity contribution >= 4 is 40.8 Å². The lowest BCUT2D eigenvalue weighted by atomic mass is 9.99. The zero-order valence-electron chi connectivity index (χ0n) is 24.6. The number of hydrogen-bond donors (Lipinski definition) is 1. The number of alkyl halides is 2. The SMILES string of the molecule is CCOP(C)(=O)C(F)(F)CCCOc1ccc(CCc2cnc3c(N)nc4cc(CCC(C)=O)ccc4c3c2)c(C)c1. The number of aromatic nitrogens is 2. The largest absolute Gasteiger partial charge is 0.494 e. The first-order chi connectivity index (χ1) is 19.9. The summed E-state index contributed by atoms with van der Waals surface area (Å²) >= 11 is 0. The third-order valence-electron chi connectivity index (χ3n) is 7.40. The summed E-state index contributed by atoms with van der Waals surface area (Å²) in [5.41, 5.74) is 8.61. The van der Waals surface area contributed by atoms with Gasteiger partial charge in [0, 0.05) is 36.5 Å². The highest BCUT2D eigenvalue weighted by Crippen LogP contribution is 2.59. The maximum atomic E-state index is 14.2. The van der Waals surface area contributed by atoms with Crippen molar-refractivity contribution in [2.24, 2.45) is 0 Å². The number of aryl methyl sites for hydroxylation is 4. The first-order valence-corrected chi connectivity index (χ1v) is 16.3. The number of Topliss-reactive ketones (excluding diaryl/α,β-unsaturated/α-hetero) is 1. The van der Waals surface area contributed by atoms with Crippen LogP contribution in [0.2, 0.25) is 0 Å². The molecule has 2 aromatic carbocycles. The van der Waals surface area contributed by atoms with Crippen LogP contribution in [0.4, 0.5) is 14.6 Å². The summed E-state index contributed by atoms with van der Waals surface area (Å²) in [7, 11) is -4.00. The van der Waals surface area contributed by atoms with Gasteiger partial charge in [0.25, 0.3) is 7.37 Å². The fourth-order valence-corrected chi connectivity index (χ4v) is 6.19. The van der Waals surface area contributed by atoms with E-state index in [4.69, 9.17) is 15.0 Å². The summed E-state index contributed by atoms with van der Waals surface area (Å²) in [6.45, 7) is 6.19. The number of fused-ring (bicyclic) bond motifs is 3. The molecular weight excluding hydrogens is 559 g/mol. The second kappa shape index (κ2) is 13.3. The number of benzene rings is 2. The van der Waals surface area contributed by atoms with Gasteiger partial charge in [-0.25, -0.2) is 4.98 Å². The Labute approximate surface area is 245 Å². The molecule has 4 aromatic rings. The third kappa shape index (κ3) is 7.50. The highest BCUT2D eigenvalue weighted by Gasteiger charge is 2.46. The maximum Gasteiger partial charge on any atom is 0.321 e. The van der Waals surface area contributed by atoms with Crippen molar-refractivity contribution in [3.05, 3.63) is 70.9 Å². The van der Waals surface area contributed by atoms with Crippen LogP contribution in [0.5, 0.6) is 5.75 Å². The summed E-state index contributed by atoms with van der Waals surface area (Å²) in [5, 5.41) is 1.91. The molecule has 2 heterocycles. The molecule has 7 nitrogen and oxygen atoms in total. The van der Waals surface area contributed by atoms with Crippen LogP contribution in [0, 0.1) is 6.92 Å². The third-order valence-corrected chi connectivity index (χ3v) is 9.57. The minimum atomic E-state index is -4.00. The number of nitrogens with zero attached hydrogens (tertiary/aromatic N) is 2. The van der Waals surface area contributed by atoms with E-state index in [0.717, 1.165) is 58.0 Å². The molecule has 2 aromatic heterocycles. The van der Waals surface area contributed by atoms with E-state index < -0.39 is 19.5 Å². The molecule has 224 valence electrons. The molecule has 0 saturated heterocycles. The van der Waals surface area contributed by atoms with Crippen molar-refractivity contribution in [1.82, 2.24) is 9.97 Å². The summed E-state index contributed by atoms with van der Waals surface area (Å²) in [4.78, 5) is 20.6. The molecule has 0 fully saturated rings. The summed E-state index contributed by atoms with van der Waals surface area (Å²) in [6.07, 6.45) is 4.02. The molecule has 0 amide bonds. The molecule has 1 atom stereocenters. The second-order valence-electron chi connectivity index (χ2n) is 10.8. The van der Waals surface area contributed by atoms with Crippen molar-refractivity contribution in [2.75, 3.05) is 25.6 Å². The summed E-state index contributed by atoms with van der Waals surface area (Å²) in [6, 6.07) is 13.9. The van der Waals surface area contributed by atoms with Crippen LogP contribution in [0.15, 0.2) is 48.7 Å². The number of halogens is 2. The van der Waals surface area contributed by atoms with Crippen molar-refractivity contribution in [3.8, 4) is 5.75 Å². The van der Waals surface area contributed by atoms with Gasteiger partial charge in [-0.05, 0) is 93.0 Å². The van der Waals surface area contributed by atoms with Gasteiger partial charge in [-0.15, -0.1) is 0 Å². The van der Waals surface area contributed by atoms with E-state index in [0.29, 0.717) is 29.9 Å². The minimum absolute atomic E-state index is 0.0172. The number of anilines is 1. The first kappa shape index (κ1) is 31.5. The molecule has 10 heteroatoms. The predicted octanol–water partition coefficient (Wildman–Crippen LogP) is 7.68. The Bertz CT molecular complexity index is 1640. The molecule has 0 aliphatic rings. The van der Waals surface area contributed by atoms with Crippen molar-refractivity contribution in [3.63, 3.8) is 0 Å². The van der Waals surface area contributed by atoms with Gasteiger partial charge in [0.2, 0.25) is 0 Å². The number of carbonyl (C=O) groups excluding carboxylic acids is 1. The molecular formula is C32H38F2N3O4P. The molecule has 0 radical (unpaired) electrons. The number of carbonyl (C=O) groups is 1. The first-order valence-electron chi connectivity index (χ1n) is 14.2. The van der Waals surface area contributed by atoms with Gasteiger partial charge in [0.1, 0.15) is 17.0 Å². The Morgan fingerprint density at radius 3 is 2.55 bits per heavy atom. The number of ether oxygens (including phenoxy) is 1. The maximum absolute atomic E-state index is 14.2. The standard InChI is InChI=1S/C32H38F2N3O4P/c1-5-41-42(4,39)32(33,34)15-6-16-40-26-13-12-25(21(2)17-26)11-9-24-18-28-27-14-10-23(8-7-22(3)38)19-29(27)37-31(35)30(28)36-20-24/h10,12-14,17-20H,5-9,11,15-16H2,1-4H3,(H2,35,37). The Kier molecular flexibility index (Phi) is 9.95. The normalized spacial score (nSPS) is 13.4. The fraction of sp³-hybridized carbons (Fsp3) is 0.406. The number of nitrogens with two attached hydrogens (primary N) is 1. The van der Waals surface area contributed by atoms with Crippen LogP contribution in [0.25, 0.3) is 21.8 Å². The lowest BCUT2D eigenvalue weighted by Crippen LogP contribution is -2.19. The fourth-order valence-electron chi connectivity index (χ4n) is 4.95. The van der Waals surface area contributed by atoms with Crippen molar-refractivity contribution in [2.45, 2.75) is 65.0 Å². The van der Waals surface area contributed by atoms with Crippen LogP contribution in [0.1, 0.15) is 55.4 Å². The van der Waals surface area contributed by atoms with E-state index in [2.05, 4.69) is 16.0 Å². The Balaban J connectivity index is 1.40. The van der Waals surface area contributed by atoms with Gasteiger partial charge in [0.15, 0.2) is 5.82 Å². The molecule has 0 bridgehead atoms. The van der Waals surface area contributed by atoms with Crippen molar-refractivity contribution < 1.29 is 27.4 Å². The molecule has 1 unspecified atom stereocenters. The predicted molar refractivity (Wildman–Crippen MR) is 164 cm³/mol. The zero-order valence-corrected chi connectivity index (χ0v) is 25.5. The van der Waals surface area contributed by atoms with E-state index in [1.54, 1.807) is 13.8 Å². The molecule has 0 aliphatic heterocycles. The smallest absolute Gasteiger partial charge is 0.321 e. The van der Waals surface area contributed by atoms with Crippen molar-refractivity contribution in [1.29, 1.82) is 0 Å². The average molecular weight is 598 g/mol. The van der Waals surface area contributed by atoms with Gasteiger partial charge in [-0.1, -0.05) is 18.2 Å². The minimum Gasteiger partial charge on any atom is -0.494 e. The van der Waals surface area contributed by atoms with Crippen LogP contribution in [-0.4, -0.2) is 41.3 Å². The van der Waals surface area contributed by atoms with Crippen LogP contribution in [0.3, 0.4) is 0 Å². The number of pyridine rings is 2. The summed E-state index contributed by atoms with van der Waals surface area (Å²) < 4.78 is 51.1. The molecule has 0 aliphatic carbocycles. The van der Waals surface area contributed by atoms with Crippen LogP contribution < -0.4 is 10.5 Å². The van der Waals surface area contributed by atoms with Gasteiger partial charge in [-0.3, -0.25) is 9.55 Å². The number of rotatable bonds is 14. The monoisotopic (exact) mass is 597 g/mol. The van der Waals surface area contributed by atoms with Gasteiger partial charge in [-0.2, -0.15) is 8.78 Å². The quantitative estimate of drug-likeness (QED) is 0.0903. The Morgan fingerprint density at radius 2 is 1.83 bits per heavy atom. The average Bonchev–Trinajstić information content (AvgIpc) is 2.93. The highest BCUT2D eigenvalue weighted by atomic mass is 31.2. The van der Waals surface area contributed by atoms with E-state index in [9.17, 15) is 18.1 Å². The molecule has 2 N–H and O–H groups in total. The van der Waals surface area contributed by atoms with Gasteiger partial charge >= 0.3 is 5.66 Å². The second-order valence-corrected chi connectivity index (χ2v) is 13.4. The highest BCUT2D eigenvalue weighted by molar-refractivity contribution is 7.59. The Morgan fingerprint density at radius 1 is 1.05 bits per heavy atom. The molecule has 0 spiro atoms. The van der Waals surface area contributed by atoms with E-state index in [-0.39, 0.29) is 25.4 Å². The van der Waals surface area contributed by atoms with Gasteiger partial charge < -0.3 is 19.8 Å². The van der Waals surface area contributed by atoms with E-state index >= 15 is 0 Å². The topological polar surface area (TPSA) is 104 Å². The molecule has 0 saturated carbocycles. The number of ketones is 1. The lowest BCUT2D eigenvalue weighted by molar-refractivity contribution is -0.116.